The maximum Gasteiger partial charge on any atom is 0.417 e. The summed E-state index contributed by atoms with van der Waals surface area (Å²) in [4.78, 5) is 34.6. The molecule has 1 aromatic carbocycles. The summed E-state index contributed by atoms with van der Waals surface area (Å²) < 4.78 is 4.90. The molecule has 1 aromatic rings. The van der Waals surface area contributed by atoms with Gasteiger partial charge in [0.2, 0.25) is 6.41 Å². The number of hydrogen-bond donors (Lipinski definition) is 1. The topological polar surface area (TPSA) is 75.7 Å². The Balaban J connectivity index is 2.05. The van der Waals surface area contributed by atoms with Crippen LogP contribution in [-0.4, -0.2) is 42.5 Å². The van der Waals surface area contributed by atoms with Crippen LogP contribution in [0.4, 0.5) is 4.79 Å². The Morgan fingerprint density at radius 3 is 2.84 bits per heavy atom. The highest BCUT2D eigenvalue weighted by molar-refractivity contribution is 5.95. The second-order valence-corrected chi connectivity index (χ2v) is 4.18. The molecular formula is C13H14N2O4. The summed E-state index contributed by atoms with van der Waals surface area (Å²) in [6.45, 7) is -0.0234. The molecule has 0 bridgehead atoms. The first kappa shape index (κ1) is 13.1. The van der Waals surface area contributed by atoms with Crippen LogP contribution in [0.5, 0.6) is 0 Å². The van der Waals surface area contributed by atoms with Crippen molar-refractivity contribution in [2.75, 3.05) is 13.2 Å². The molecular weight excluding hydrogens is 248 g/mol. The number of benzene rings is 1. The summed E-state index contributed by atoms with van der Waals surface area (Å²) >= 11 is 0. The summed E-state index contributed by atoms with van der Waals surface area (Å²) in [5, 5.41) is 2.25. The number of cyclic esters (lactones) is 1. The van der Waals surface area contributed by atoms with Gasteiger partial charge >= 0.3 is 6.09 Å². The van der Waals surface area contributed by atoms with Crippen LogP contribution in [-0.2, 0) is 20.7 Å². The van der Waals surface area contributed by atoms with Crippen LogP contribution in [0.1, 0.15) is 5.56 Å². The Hall–Kier alpha value is -2.37. The summed E-state index contributed by atoms with van der Waals surface area (Å²) in [7, 11) is 0. The van der Waals surface area contributed by atoms with Crippen molar-refractivity contribution in [3.8, 4) is 0 Å². The van der Waals surface area contributed by atoms with Crippen molar-refractivity contribution in [3.63, 3.8) is 0 Å². The molecule has 6 heteroatoms. The molecule has 1 atom stereocenters. The van der Waals surface area contributed by atoms with Gasteiger partial charge in [-0.1, -0.05) is 30.3 Å². The number of rotatable bonds is 5. The SMILES string of the molecule is O=CNCC(=O)N1C(=O)OC[C@@H]1Cc1ccccc1. The van der Waals surface area contributed by atoms with E-state index in [0.29, 0.717) is 12.8 Å². The molecule has 0 aliphatic carbocycles. The molecule has 1 saturated heterocycles. The van der Waals surface area contributed by atoms with E-state index >= 15 is 0 Å². The van der Waals surface area contributed by atoms with Crippen molar-refractivity contribution in [1.29, 1.82) is 0 Å². The summed E-state index contributed by atoms with van der Waals surface area (Å²) in [5.74, 6) is -0.462. The molecule has 100 valence electrons. The highest BCUT2D eigenvalue weighted by Crippen LogP contribution is 2.17. The zero-order valence-electron chi connectivity index (χ0n) is 10.2. The average Bonchev–Trinajstić information content (AvgIpc) is 2.78. The van der Waals surface area contributed by atoms with E-state index in [1.54, 1.807) is 0 Å². The lowest BCUT2D eigenvalue weighted by Gasteiger charge is -2.19. The quantitative estimate of drug-likeness (QED) is 0.775. The maximum atomic E-state index is 11.8. The van der Waals surface area contributed by atoms with Gasteiger partial charge in [0.25, 0.3) is 5.91 Å². The van der Waals surface area contributed by atoms with E-state index in [9.17, 15) is 14.4 Å². The molecule has 0 saturated carbocycles. The first-order chi connectivity index (χ1) is 9.22. The van der Waals surface area contributed by atoms with E-state index in [1.807, 2.05) is 30.3 Å². The Bertz CT molecular complexity index is 475. The number of amides is 3. The number of imide groups is 1. The first-order valence-electron chi connectivity index (χ1n) is 5.92. The van der Waals surface area contributed by atoms with Gasteiger partial charge in [0.05, 0.1) is 12.6 Å². The molecule has 1 aliphatic heterocycles. The third-order valence-electron chi connectivity index (χ3n) is 2.88. The summed E-state index contributed by atoms with van der Waals surface area (Å²) in [6.07, 6.45) is 0.309. The fourth-order valence-corrected chi connectivity index (χ4v) is 2.02. The Labute approximate surface area is 110 Å². The minimum Gasteiger partial charge on any atom is -0.447 e. The van der Waals surface area contributed by atoms with E-state index < -0.39 is 12.0 Å². The molecule has 3 amide bonds. The van der Waals surface area contributed by atoms with Crippen molar-refractivity contribution in [1.82, 2.24) is 10.2 Å². The number of nitrogens with one attached hydrogen (secondary N) is 1. The number of hydrogen-bond acceptors (Lipinski definition) is 4. The zero-order valence-corrected chi connectivity index (χ0v) is 10.2. The monoisotopic (exact) mass is 262 g/mol. The second-order valence-electron chi connectivity index (χ2n) is 4.18. The van der Waals surface area contributed by atoms with E-state index in [0.717, 1.165) is 10.5 Å². The van der Waals surface area contributed by atoms with Gasteiger partial charge in [0.15, 0.2) is 0 Å². The van der Waals surface area contributed by atoms with Gasteiger partial charge < -0.3 is 10.1 Å². The van der Waals surface area contributed by atoms with Gasteiger partial charge in [-0.3, -0.25) is 9.59 Å². The van der Waals surface area contributed by atoms with E-state index in [2.05, 4.69) is 5.32 Å². The molecule has 6 nitrogen and oxygen atoms in total. The number of ether oxygens (including phenoxy) is 1. The predicted octanol–water partition coefficient (Wildman–Crippen LogP) is 0.323. The van der Waals surface area contributed by atoms with Crippen molar-refractivity contribution in [2.24, 2.45) is 0 Å². The van der Waals surface area contributed by atoms with Crippen LogP contribution < -0.4 is 5.32 Å². The molecule has 19 heavy (non-hydrogen) atoms. The minimum absolute atomic E-state index is 0.181. The largest absolute Gasteiger partial charge is 0.447 e. The molecule has 0 spiro atoms. The van der Waals surface area contributed by atoms with Crippen LogP contribution in [0.2, 0.25) is 0 Å². The first-order valence-corrected chi connectivity index (χ1v) is 5.92. The van der Waals surface area contributed by atoms with Gasteiger partial charge in [-0.15, -0.1) is 0 Å². The number of nitrogens with zero attached hydrogens (tertiary/aromatic N) is 1. The van der Waals surface area contributed by atoms with Crippen LogP contribution >= 0.6 is 0 Å². The predicted molar refractivity (Wildman–Crippen MR) is 66.2 cm³/mol. The van der Waals surface area contributed by atoms with E-state index in [-0.39, 0.29) is 19.2 Å². The Kier molecular flexibility index (Phi) is 4.12. The van der Waals surface area contributed by atoms with Crippen LogP contribution in [0.15, 0.2) is 30.3 Å². The van der Waals surface area contributed by atoms with Crippen molar-refractivity contribution in [2.45, 2.75) is 12.5 Å². The molecule has 1 N–H and O–H groups in total. The van der Waals surface area contributed by atoms with E-state index in [1.165, 1.54) is 0 Å². The second kappa shape index (κ2) is 5.99. The van der Waals surface area contributed by atoms with Gasteiger partial charge in [-0.2, -0.15) is 0 Å². The summed E-state index contributed by atoms with van der Waals surface area (Å²) in [5.41, 5.74) is 1.02. The number of carbonyl (C=O) groups is 3. The fourth-order valence-electron chi connectivity index (χ4n) is 2.02. The van der Waals surface area contributed by atoms with Gasteiger partial charge in [-0.25, -0.2) is 9.69 Å². The molecule has 1 fully saturated rings. The van der Waals surface area contributed by atoms with Crippen LogP contribution in [0.25, 0.3) is 0 Å². The Morgan fingerprint density at radius 2 is 2.16 bits per heavy atom. The number of carbonyl (C=O) groups excluding carboxylic acids is 3. The highest BCUT2D eigenvalue weighted by atomic mass is 16.6. The fraction of sp³-hybridized carbons (Fsp3) is 0.308. The maximum absolute atomic E-state index is 11.8. The normalized spacial score (nSPS) is 18.0. The third kappa shape index (κ3) is 3.09. The summed E-state index contributed by atoms with van der Waals surface area (Å²) in [6, 6.07) is 9.22. The van der Waals surface area contributed by atoms with Gasteiger partial charge in [0.1, 0.15) is 6.61 Å². The van der Waals surface area contributed by atoms with Crippen molar-refractivity contribution >= 4 is 18.4 Å². The van der Waals surface area contributed by atoms with Crippen molar-refractivity contribution in [3.05, 3.63) is 35.9 Å². The lowest BCUT2D eigenvalue weighted by Crippen LogP contribution is -2.44. The molecule has 0 aromatic heterocycles. The molecule has 1 aliphatic rings. The van der Waals surface area contributed by atoms with Crippen LogP contribution in [0, 0.1) is 0 Å². The lowest BCUT2D eigenvalue weighted by atomic mass is 10.1. The van der Waals surface area contributed by atoms with Gasteiger partial charge in [0, 0.05) is 0 Å². The average molecular weight is 262 g/mol. The standard InChI is InChI=1S/C13H14N2O4/c16-9-14-7-12(17)15-11(8-19-13(15)18)6-10-4-2-1-3-5-10/h1-5,9,11H,6-8H2,(H,14,16)/t11-/m0/s1. The molecule has 1 heterocycles. The molecule has 0 radical (unpaired) electrons. The highest BCUT2D eigenvalue weighted by Gasteiger charge is 2.37. The smallest absolute Gasteiger partial charge is 0.417 e. The minimum atomic E-state index is -0.654. The molecule has 2 rings (SSSR count). The third-order valence-corrected chi connectivity index (χ3v) is 2.88. The molecule has 0 unspecified atom stereocenters. The van der Waals surface area contributed by atoms with Crippen LogP contribution in [0.3, 0.4) is 0 Å². The lowest BCUT2D eigenvalue weighted by molar-refractivity contribution is -0.129. The van der Waals surface area contributed by atoms with E-state index in [4.69, 9.17) is 4.74 Å². The Morgan fingerprint density at radius 1 is 1.42 bits per heavy atom. The van der Waals surface area contributed by atoms with Gasteiger partial charge in [-0.05, 0) is 12.0 Å². The van der Waals surface area contributed by atoms with Crippen molar-refractivity contribution < 1.29 is 19.1 Å². The zero-order chi connectivity index (χ0) is 13.7.